The van der Waals surface area contributed by atoms with Gasteiger partial charge in [-0.25, -0.2) is 12.8 Å². The van der Waals surface area contributed by atoms with Gasteiger partial charge in [-0.3, -0.25) is 9.59 Å². The number of halogens is 1. The zero-order valence-electron chi connectivity index (χ0n) is 14.9. The van der Waals surface area contributed by atoms with Crippen molar-refractivity contribution in [1.82, 2.24) is 14.9 Å². The number of nitrogens with one attached hydrogen (secondary N) is 2. The fraction of sp³-hybridized carbons (Fsp3) is 0.529. The quantitative estimate of drug-likeness (QED) is 0.556. The molecule has 1 atom stereocenters. The van der Waals surface area contributed by atoms with Gasteiger partial charge in [-0.2, -0.15) is 4.31 Å². The van der Waals surface area contributed by atoms with Crippen LogP contribution < -0.4 is 10.6 Å². The van der Waals surface area contributed by atoms with E-state index in [-0.39, 0.29) is 30.6 Å². The van der Waals surface area contributed by atoms with E-state index in [0.29, 0.717) is 19.4 Å². The van der Waals surface area contributed by atoms with Gasteiger partial charge in [0.15, 0.2) is 0 Å². The van der Waals surface area contributed by atoms with Crippen molar-refractivity contribution in [2.45, 2.75) is 36.6 Å². The van der Waals surface area contributed by atoms with E-state index in [4.69, 9.17) is 5.11 Å². The summed E-state index contributed by atoms with van der Waals surface area (Å²) in [6.07, 6.45) is 2.60. The molecule has 1 aliphatic heterocycles. The van der Waals surface area contributed by atoms with Crippen molar-refractivity contribution >= 4 is 21.8 Å². The molecular weight excluding hydrogens is 377 g/mol. The maximum absolute atomic E-state index is 13.1. The number of carbonyl (C=O) groups is 2. The van der Waals surface area contributed by atoms with Gasteiger partial charge in [-0.05, 0) is 43.5 Å². The molecule has 1 heterocycles. The largest absolute Gasteiger partial charge is 0.395 e. The Morgan fingerprint density at radius 2 is 1.74 bits per heavy atom. The third-order valence-corrected chi connectivity index (χ3v) is 6.33. The lowest BCUT2D eigenvalue weighted by Gasteiger charge is -2.34. The van der Waals surface area contributed by atoms with Crippen molar-refractivity contribution in [3.63, 3.8) is 0 Å². The molecule has 2 rings (SSSR count). The fourth-order valence-corrected chi connectivity index (χ4v) is 4.73. The second-order valence-electron chi connectivity index (χ2n) is 6.24. The van der Waals surface area contributed by atoms with Crippen molar-refractivity contribution < 1.29 is 27.5 Å². The highest BCUT2D eigenvalue weighted by molar-refractivity contribution is 7.89. The monoisotopic (exact) mass is 401 g/mol. The highest BCUT2D eigenvalue weighted by Crippen LogP contribution is 2.27. The summed E-state index contributed by atoms with van der Waals surface area (Å²) in [7, 11) is -3.76. The third-order valence-electron chi connectivity index (χ3n) is 4.36. The number of nitrogens with zero attached hydrogens (tertiary/aromatic N) is 1. The molecule has 1 saturated heterocycles. The van der Waals surface area contributed by atoms with Crippen LogP contribution in [0.25, 0.3) is 0 Å². The Hall–Kier alpha value is -2.04. The molecule has 3 N–H and O–H groups in total. The van der Waals surface area contributed by atoms with Gasteiger partial charge < -0.3 is 15.7 Å². The second kappa shape index (κ2) is 9.77. The van der Waals surface area contributed by atoms with Crippen molar-refractivity contribution in [2.24, 2.45) is 0 Å². The molecule has 10 heteroatoms. The minimum Gasteiger partial charge on any atom is -0.395 e. The first kappa shape index (κ1) is 21.3. The highest BCUT2D eigenvalue weighted by Gasteiger charge is 2.33. The highest BCUT2D eigenvalue weighted by atomic mass is 32.2. The minimum absolute atomic E-state index is 0.0153. The van der Waals surface area contributed by atoms with Crippen LogP contribution in [-0.4, -0.2) is 61.9 Å². The number of hydrogen-bond donors (Lipinski definition) is 3. The summed E-state index contributed by atoms with van der Waals surface area (Å²) in [5.74, 6) is -2.18. The molecular formula is C17H24FN3O5S. The van der Waals surface area contributed by atoms with Gasteiger partial charge in [0, 0.05) is 25.7 Å². The van der Waals surface area contributed by atoms with Crippen molar-refractivity contribution in [1.29, 1.82) is 0 Å². The minimum atomic E-state index is -3.76. The van der Waals surface area contributed by atoms with Crippen molar-refractivity contribution in [3.8, 4) is 0 Å². The molecule has 0 aromatic heterocycles. The smallest absolute Gasteiger partial charge is 0.309 e. The zero-order valence-corrected chi connectivity index (χ0v) is 15.7. The molecule has 27 heavy (non-hydrogen) atoms. The number of piperidine rings is 1. The summed E-state index contributed by atoms with van der Waals surface area (Å²) >= 11 is 0. The first-order valence-corrected chi connectivity index (χ1v) is 10.2. The first-order valence-electron chi connectivity index (χ1n) is 8.80. The summed E-state index contributed by atoms with van der Waals surface area (Å²) in [6, 6.07) is 4.39. The summed E-state index contributed by atoms with van der Waals surface area (Å²) in [6.45, 7) is 0.219. The predicted molar refractivity (Wildman–Crippen MR) is 95.7 cm³/mol. The Bertz CT molecular complexity index is 754. The zero-order chi connectivity index (χ0) is 19.9. The molecule has 0 bridgehead atoms. The molecule has 0 radical (unpaired) electrons. The Kier molecular flexibility index (Phi) is 7.69. The van der Waals surface area contributed by atoms with E-state index in [2.05, 4.69) is 10.6 Å². The van der Waals surface area contributed by atoms with Crippen LogP contribution in [-0.2, 0) is 19.6 Å². The van der Waals surface area contributed by atoms with E-state index in [0.717, 1.165) is 25.0 Å². The summed E-state index contributed by atoms with van der Waals surface area (Å²) in [5, 5.41) is 13.3. The van der Waals surface area contributed by atoms with Crippen LogP contribution in [0.5, 0.6) is 0 Å². The molecule has 1 aromatic carbocycles. The van der Waals surface area contributed by atoms with Gasteiger partial charge in [-0.15, -0.1) is 0 Å². The molecule has 1 fully saturated rings. The third kappa shape index (κ3) is 5.72. The summed E-state index contributed by atoms with van der Waals surface area (Å²) in [4.78, 5) is 23.1. The molecule has 1 aromatic rings. The van der Waals surface area contributed by atoms with Crippen molar-refractivity contribution in [3.05, 3.63) is 30.1 Å². The normalized spacial score (nSPS) is 18.1. The van der Waals surface area contributed by atoms with Crippen LogP contribution in [0.15, 0.2) is 29.2 Å². The average Bonchev–Trinajstić information content (AvgIpc) is 2.66. The van der Waals surface area contributed by atoms with Crippen LogP contribution in [0.3, 0.4) is 0 Å². The number of aliphatic hydroxyl groups is 1. The summed E-state index contributed by atoms with van der Waals surface area (Å²) in [5.41, 5.74) is 0. The van der Waals surface area contributed by atoms with Crippen LogP contribution >= 0.6 is 0 Å². The first-order chi connectivity index (χ1) is 12.9. The molecule has 8 nitrogen and oxygen atoms in total. The molecule has 150 valence electrons. The van der Waals surface area contributed by atoms with Gasteiger partial charge >= 0.3 is 11.8 Å². The predicted octanol–water partition coefficient (Wildman–Crippen LogP) is -0.0163. The fourth-order valence-electron chi connectivity index (χ4n) is 3.00. The number of carbonyl (C=O) groups excluding carboxylic acids is 2. The Labute approximate surface area is 157 Å². The van der Waals surface area contributed by atoms with E-state index >= 15 is 0 Å². The number of aliphatic hydroxyl groups excluding tert-OH is 1. The van der Waals surface area contributed by atoms with Gasteiger partial charge in [-0.1, -0.05) is 6.42 Å². The van der Waals surface area contributed by atoms with Crippen molar-refractivity contribution in [2.75, 3.05) is 26.2 Å². The number of rotatable bonds is 7. The molecule has 1 aliphatic rings. The molecule has 0 saturated carbocycles. The maximum Gasteiger partial charge on any atom is 0.309 e. The lowest BCUT2D eigenvalue weighted by Crippen LogP contribution is -2.46. The van der Waals surface area contributed by atoms with E-state index < -0.39 is 27.7 Å². The van der Waals surface area contributed by atoms with E-state index in [9.17, 15) is 22.4 Å². The SMILES string of the molecule is O=C(NCCO)C(=O)NCC[C@@H]1CCCCN1S(=O)(=O)c1ccc(F)cc1. The molecule has 2 amide bonds. The van der Waals surface area contributed by atoms with Gasteiger partial charge in [0.05, 0.1) is 11.5 Å². The Balaban J connectivity index is 1.97. The maximum atomic E-state index is 13.1. The molecule has 0 aliphatic carbocycles. The van der Waals surface area contributed by atoms with Gasteiger partial charge in [0.1, 0.15) is 5.82 Å². The Morgan fingerprint density at radius 1 is 1.11 bits per heavy atom. The Morgan fingerprint density at radius 3 is 2.37 bits per heavy atom. The second-order valence-corrected chi connectivity index (χ2v) is 8.13. The standard InChI is InChI=1S/C17H24FN3O5S/c18-13-4-6-15(7-5-13)27(25,26)21-11-2-1-3-14(21)8-9-19-16(23)17(24)20-10-12-22/h4-7,14,22H,1-3,8-12H2,(H,19,23)(H,20,24)/t14-/m0/s1. The topological polar surface area (TPSA) is 116 Å². The average molecular weight is 401 g/mol. The van der Waals surface area contributed by atoms with Crippen LogP contribution in [0, 0.1) is 5.82 Å². The van der Waals surface area contributed by atoms with Crippen LogP contribution in [0.1, 0.15) is 25.7 Å². The van der Waals surface area contributed by atoms with Crippen LogP contribution in [0.4, 0.5) is 4.39 Å². The van der Waals surface area contributed by atoms with E-state index in [1.54, 1.807) is 0 Å². The van der Waals surface area contributed by atoms with Crippen LogP contribution in [0.2, 0.25) is 0 Å². The van der Waals surface area contributed by atoms with E-state index in [1.807, 2.05) is 0 Å². The number of hydrogen-bond acceptors (Lipinski definition) is 5. The molecule has 0 unspecified atom stereocenters. The number of amides is 2. The van der Waals surface area contributed by atoms with E-state index in [1.165, 1.54) is 16.4 Å². The molecule has 0 spiro atoms. The van der Waals surface area contributed by atoms with Gasteiger partial charge in [0.2, 0.25) is 10.0 Å². The summed E-state index contributed by atoms with van der Waals surface area (Å²) < 4.78 is 40.2. The number of sulfonamides is 1. The lowest BCUT2D eigenvalue weighted by molar-refractivity contribution is -0.139. The van der Waals surface area contributed by atoms with Gasteiger partial charge in [0.25, 0.3) is 0 Å². The number of benzene rings is 1. The lowest BCUT2D eigenvalue weighted by atomic mass is 10.0.